The molecule has 0 amide bonds. The van der Waals surface area contributed by atoms with Gasteiger partial charge in [0, 0.05) is 4.83 Å². The van der Waals surface area contributed by atoms with Crippen molar-refractivity contribution in [2.75, 3.05) is 0 Å². The van der Waals surface area contributed by atoms with Crippen LogP contribution >= 0.6 is 15.9 Å². The van der Waals surface area contributed by atoms with Crippen LogP contribution < -0.4 is 0 Å². The number of hydrogen-bond acceptors (Lipinski definition) is 0. The van der Waals surface area contributed by atoms with E-state index < -0.39 is 0 Å². The summed E-state index contributed by atoms with van der Waals surface area (Å²) >= 11 is 3.81. The summed E-state index contributed by atoms with van der Waals surface area (Å²) in [4.78, 5) is 0.840. The molecule has 3 rings (SSSR count). The predicted molar refractivity (Wildman–Crippen MR) is 49.7 cm³/mol. The molecule has 2 saturated carbocycles. The highest BCUT2D eigenvalue weighted by Gasteiger charge is 2.50. The molecular weight excluding hydrogens is 200 g/mol. The van der Waals surface area contributed by atoms with E-state index in [0.717, 1.165) is 28.5 Å². The Bertz CT molecular complexity index is 209. The molecule has 1 heteroatoms. The topological polar surface area (TPSA) is 0 Å². The molecule has 5 unspecified atom stereocenters. The molecule has 2 fully saturated rings. The van der Waals surface area contributed by atoms with Gasteiger partial charge in [-0.15, -0.1) is 0 Å². The summed E-state index contributed by atoms with van der Waals surface area (Å²) < 4.78 is 0. The molecular formula is C10H13Br. The van der Waals surface area contributed by atoms with Gasteiger partial charge >= 0.3 is 0 Å². The van der Waals surface area contributed by atoms with E-state index in [4.69, 9.17) is 0 Å². The Balaban J connectivity index is 1.97. The van der Waals surface area contributed by atoms with Crippen LogP contribution in [0.5, 0.6) is 0 Å². The molecule has 0 aromatic carbocycles. The third-order valence-corrected chi connectivity index (χ3v) is 4.95. The van der Waals surface area contributed by atoms with E-state index >= 15 is 0 Å². The fourth-order valence-electron chi connectivity index (χ4n) is 3.45. The van der Waals surface area contributed by atoms with E-state index in [1.165, 1.54) is 19.3 Å². The lowest BCUT2D eigenvalue weighted by atomic mass is 9.86. The van der Waals surface area contributed by atoms with Gasteiger partial charge in [0.05, 0.1) is 0 Å². The smallest absolute Gasteiger partial charge is 0.0182 e. The van der Waals surface area contributed by atoms with Crippen molar-refractivity contribution < 1.29 is 0 Å². The molecule has 0 heterocycles. The summed E-state index contributed by atoms with van der Waals surface area (Å²) in [7, 11) is 0. The Kier molecular flexibility index (Phi) is 1.30. The van der Waals surface area contributed by atoms with E-state index in [1.54, 1.807) is 0 Å². The van der Waals surface area contributed by atoms with Crippen LogP contribution in [0, 0.1) is 23.7 Å². The molecule has 0 spiro atoms. The Hall–Kier alpha value is 0.220. The van der Waals surface area contributed by atoms with Crippen LogP contribution in [0.15, 0.2) is 12.2 Å². The second-order valence-corrected chi connectivity index (χ2v) is 5.46. The third kappa shape index (κ3) is 0.756. The summed E-state index contributed by atoms with van der Waals surface area (Å²) in [5.41, 5.74) is 0. The summed E-state index contributed by atoms with van der Waals surface area (Å²) in [6, 6.07) is 0. The largest absolute Gasteiger partial charge is 0.0887 e. The van der Waals surface area contributed by atoms with Crippen molar-refractivity contribution in [2.24, 2.45) is 23.7 Å². The molecule has 5 atom stereocenters. The maximum Gasteiger partial charge on any atom is 0.0182 e. The second kappa shape index (κ2) is 2.12. The van der Waals surface area contributed by atoms with Crippen molar-refractivity contribution in [2.45, 2.75) is 24.1 Å². The van der Waals surface area contributed by atoms with E-state index in [9.17, 15) is 0 Å². The van der Waals surface area contributed by atoms with Crippen molar-refractivity contribution in [3.8, 4) is 0 Å². The molecule has 0 N–H and O–H groups in total. The molecule has 11 heavy (non-hydrogen) atoms. The lowest BCUT2D eigenvalue weighted by Crippen LogP contribution is -2.18. The van der Waals surface area contributed by atoms with Gasteiger partial charge in [0.1, 0.15) is 0 Å². The molecule has 60 valence electrons. The van der Waals surface area contributed by atoms with Crippen LogP contribution in [0.4, 0.5) is 0 Å². The minimum atomic E-state index is 0.840. The summed E-state index contributed by atoms with van der Waals surface area (Å²) in [6.07, 6.45) is 9.30. The number of halogens is 1. The lowest BCUT2D eigenvalue weighted by Gasteiger charge is -2.22. The number of allylic oxidation sites excluding steroid dienone is 2. The normalized spacial score (nSPS) is 58.8. The first-order valence-corrected chi connectivity index (χ1v) is 5.60. The maximum atomic E-state index is 3.81. The van der Waals surface area contributed by atoms with Crippen molar-refractivity contribution in [3.05, 3.63) is 12.2 Å². The molecule has 0 aromatic rings. The van der Waals surface area contributed by atoms with Crippen LogP contribution in [0.25, 0.3) is 0 Å². The minimum absolute atomic E-state index is 0.840. The maximum absolute atomic E-state index is 3.81. The fourth-order valence-corrected chi connectivity index (χ4v) is 4.50. The Morgan fingerprint density at radius 3 is 2.73 bits per heavy atom. The van der Waals surface area contributed by atoms with Crippen LogP contribution in [-0.2, 0) is 0 Å². The van der Waals surface area contributed by atoms with Crippen molar-refractivity contribution in [3.63, 3.8) is 0 Å². The lowest BCUT2D eigenvalue weighted by molar-refractivity contribution is 0.371. The SMILES string of the molecule is BrC1CCC2C3C=CC(C3)C12. The highest BCUT2D eigenvalue weighted by molar-refractivity contribution is 9.09. The number of fused-ring (bicyclic) bond motifs is 5. The van der Waals surface area contributed by atoms with Gasteiger partial charge in [0.15, 0.2) is 0 Å². The third-order valence-electron chi connectivity index (χ3n) is 3.88. The van der Waals surface area contributed by atoms with Crippen LogP contribution in [-0.4, -0.2) is 4.83 Å². The molecule has 0 aliphatic heterocycles. The number of rotatable bonds is 0. The predicted octanol–water partition coefficient (Wildman–Crippen LogP) is 2.98. The van der Waals surface area contributed by atoms with Crippen molar-refractivity contribution in [1.29, 1.82) is 0 Å². The van der Waals surface area contributed by atoms with Gasteiger partial charge < -0.3 is 0 Å². The van der Waals surface area contributed by atoms with Crippen LogP contribution in [0.1, 0.15) is 19.3 Å². The Morgan fingerprint density at radius 2 is 1.91 bits per heavy atom. The van der Waals surface area contributed by atoms with Gasteiger partial charge in [-0.25, -0.2) is 0 Å². The quantitative estimate of drug-likeness (QED) is 0.428. The van der Waals surface area contributed by atoms with Crippen molar-refractivity contribution in [1.82, 2.24) is 0 Å². The summed E-state index contributed by atoms with van der Waals surface area (Å²) in [5, 5.41) is 0. The molecule has 0 aromatic heterocycles. The van der Waals surface area contributed by atoms with E-state index in [2.05, 4.69) is 28.1 Å². The fraction of sp³-hybridized carbons (Fsp3) is 0.800. The van der Waals surface area contributed by atoms with Gasteiger partial charge in [0.25, 0.3) is 0 Å². The van der Waals surface area contributed by atoms with E-state index in [1.807, 2.05) is 0 Å². The zero-order valence-corrected chi connectivity index (χ0v) is 8.13. The van der Waals surface area contributed by atoms with Gasteiger partial charge in [-0.3, -0.25) is 0 Å². The van der Waals surface area contributed by atoms with Crippen LogP contribution in [0.3, 0.4) is 0 Å². The zero-order chi connectivity index (χ0) is 7.42. The first-order chi connectivity index (χ1) is 5.36. The molecule has 3 aliphatic carbocycles. The number of hydrogen-bond donors (Lipinski definition) is 0. The Morgan fingerprint density at radius 1 is 1.09 bits per heavy atom. The van der Waals surface area contributed by atoms with Gasteiger partial charge in [-0.2, -0.15) is 0 Å². The zero-order valence-electron chi connectivity index (χ0n) is 6.54. The van der Waals surface area contributed by atoms with Gasteiger partial charge in [-0.05, 0) is 42.9 Å². The van der Waals surface area contributed by atoms with E-state index in [0.29, 0.717) is 0 Å². The molecule has 3 aliphatic rings. The van der Waals surface area contributed by atoms with E-state index in [-0.39, 0.29) is 0 Å². The van der Waals surface area contributed by atoms with Gasteiger partial charge in [-0.1, -0.05) is 28.1 Å². The standard InChI is InChI=1S/C10H13Br/c11-9-4-3-8-6-1-2-7(5-6)10(8)9/h1-2,6-10H,3-5H2. The highest BCUT2D eigenvalue weighted by Crippen LogP contribution is 2.57. The summed E-state index contributed by atoms with van der Waals surface area (Å²) in [6.45, 7) is 0. The molecule has 0 radical (unpaired) electrons. The average molecular weight is 213 g/mol. The van der Waals surface area contributed by atoms with Gasteiger partial charge in [0.2, 0.25) is 0 Å². The molecule has 0 saturated heterocycles. The first-order valence-electron chi connectivity index (χ1n) is 4.68. The van der Waals surface area contributed by atoms with Crippen LogP contribution in [0.2, 0.25) is 0 Å². The molecule has 0 nitrogen and oxygen atoms in total. The minimum Gasteiger partial charge on any atom is -0.0887 e. The molecule has 2 bridgehead atoms. The second-order valence-electron chi connectivity index (χ2n) is 4.28. The number of alkyl halides is 1. The monoisotopic (exact) mass is 212 g/mol. The summed E-state index contributed by atoms with van der Waals surface area (Å²) in [5.74, 6) is 3.96. The average Bonchev–Trinajstić information content (AvgIpc) is 2.60. The Labute approximate surface area is 76.2 Å². The first kappa shape index (κ1) is 6.71. The highest BCUT2D eigenvalue weighted by atomic mass is 79.9. The van der Waals surface area contributed by atoms with Crippen molar-refractivity contribution >= 4 is 15.9 Å².